The first-order valence-corrected chi connectivity index (χ1v) is 10.2. The molecule has 0 aliphatic heterocycles. The van der Waals surface area contributed by atoms with Crippen LogP contribution in [0.4, 0.5) is 0 Å². The monoisotopic (exact) mass is 386 g/mol. The van der Waals surface area contributed by atoms with E-state index in [1.54, 1.807) is 0 Å². The lowest BCUT2D eigenvalue weighted by Crippen LogP contribution is -2.36. The molecule has 0 amide bonds. The number of thioether (sulfide) groups is 1. The van der Waals surface area contributed by atoms with Gasteiger partial charge < -0.3 is 15.0 Å². The molecule has 7 heteroatoms. The lowest BCUT2D eigenvalue weighted by atomic mass is 9.95. The van der Waals surface area contributed by atoms with Crippen molar-refractivity contribution < 1.29 is 5.11 Å². The summed E-state index contributed by atoms with van der Waals surface area (Å²) in [6.45, 7) is 0. The van der Waals surface area contributed by atoms with Crippen LogP contribution in [-0.2, 0) is 0 Å². The van der Waals surface area contributed by atoms with Crippen LogP contribution >= 0.6 is 24.0 Å². The fourth-order valence-corrected chi connectivity index (χ4v) is 4.33. The molecule has 0 atom stereocenters. The van der Waals surface area contributed by atoms with Crippen LogP contribution in [0.2, 0.25) is 0 Å². The van der Waals surface area contributed by atoms with Crippen LogP contribution in [0.15, 0.2) is 30.0 Å². The van der Waals surface area contributed by atoms with Crippen LogP contribution < -0.4 is 0 Å². The molecule has 26 heavy (non-hydrogen) atoms. The number of nitrogens with one attached hydrogen (secondary N) is 1. The smallest absolute Gasteiger partial charge is 0.152 e. The van der Waals surface area contributed by atoms with E-state index in [1.165, 1.54) is 43.9 Å². The van der Waals surface area contributed by atoms with E-state index in [9.17, 15) is 10.4 Å². The van der Waals surface area contributed by atoms with E-state index >= 15 is 0 Å². The number of allylic oxidation sites excluding steroid dienone is 1. The minimum Gasteiger partial charge on any atom is -0.510 e. The van der Waals surface area contributed by atoms with Crippen LogP contribution in [-0.4, -0.2) is 43.1 Å². The highest BCUT2D eigenvalue weighted by Gasteiger charge is 2.21. The molecule has 1 fully saturated rings. The SMILES string of the molecule is CN(C(=S)SC/C(O)=C(\C#N)c1nc2ccccc2[nH]1)C1CCCCC1. The number of hydrogen-bond donors (Lipinski definition) is 2. The van der Waals surface area contributed by atoms with Crippen molar-refractivity contribution in [3.63, 3.8) is 0 Å². The highest BCUT2D eigenvalue weighted by molar-refractivity contribution is 8.23. The van der Waals surface area contributed by atoms with Gasteiger partial charge in [-0.05, 0) is 25.0 Å². The van der Waals surface area contributed by atoms with E-state index in [4.69, 9.17) is 12.2 Å². The predicted octanol–water partition coefficient (Wildman–Crippen LogP) is 4.64. The third-order valence-electron chi connectivity index (χ3n) is 4.77. The van der Waals surface area contributed by atoms with Gasteiger partial charge in [-0.15, -0.1) is 0 Å². The zero-order valence-corrected chi connectivity index (χ0v) is 16.4. The third kappa shape index (κ3) is 4.19. The molecule has 1 aromatic carbocycles. The Morgan fingerprint density at radius 2 is 2.12 bits per heavy atom. The molecule has 1 heterocycles. The number of aliphatic hydroxyl groups is 1. The molecule has 0 radical (unpaired) electrons. The third-order valence-corrected chi connectivity index (χ3v) is 6.36. The molecule has 1 saturated carbocycles. The second-order valence-electron chi connectivity index (χ2n) is 6.49. The summed E-state index contributed by atoms with van der Waals surface area (Å²) >= 11 is 6.90. The van der Waals surface area contributed by atoms with Crippen LogP contribution in [0.3, 0.4) is 0 Å². The summed E-state index contributed by atoms with van der Waals surface area (Å²) in [7, 11) is 2.02. The highest BCUT2D eigenvalue weighted by atomic mass is 32.2. The Labute approximate surface area is 163 Å². The van der Waals surface area contributed by atoms with Gasteiger partial charge in [0.15, 0.2) is 5.82 Å². The van der Waals surface area contributed by atoms with Crippen LogP contribution in [0.5, 0.6) is 0 Å². The van der Waals surface area contributed by atoms with Gasteiger partial charge in [-0.3, -0.25) is 0 Å². The zero-order valence-electron chi connectivity index (χ0n) is 14.7. The minimum atomic E-state index is -0.00375. The number of nitriles is 1. The maximum atomic E-state index is 10.4. The summed E-state index contributed by atoms with van der Waals surface area (Å²) in [6.07, 6.45) is 6.13. The molecule has 0 unspecified atom stereocenters. The first kappa shape index (κ1) is 18.7. The second kappa shape index (κ2) is 8.56. The molecule has 0 saturated heterocycles. The van der Waals surface area contributed by atoms with Crippen molar-refractivity contribution in [2.24, 2.45) is 0 Å². The lowest BCUT2D eigenvalue weighted by molar-refractivity contribution is 0.285. The number of benzene rings is 1. The largest absolute Gasteiger partial charge is 0.510 e. The number of H-pyrrole nitrogens is 1. The van der Waals surface area contributed by atoms with Gasteiger partial charge in [0, 0.05) is 13.1 Å². The normalized spacial score (nSPS) is 16.2. The maximum absolute atomic E-state index is 10.4. The van der Waals surface area contributed by atoms with E-state index in [1.807, 2.05) is 31.3 Å². The molecule has 1 aliphatic carbocycles. The number of rotatable bonds is 4. The summed E-state index contributed by atoms with van der Waals surface area (Å²) < 4.78 is 0.755. The van der Waals surface area contributed by atoms with E-state index in [-0.39, 0.29) is 17.1 Å². The first-order chi connectivity index (χ1) is 12.6. The van der Waals surface area contributed by atoms with Crippen molar-refractivity contribution in [2.75, 3.05) is 12.8 Å². The molecule has 1 aliphatic rings. The average Bonchev–Trinajstić information content (AvgIpc) is 3.10. The summed E-state index contributed by atoms with van der Waals surface area (Å²) in [6, 6.07) is 10.1. The Hall–Kier alpha value is -2.04. The number of aromatic amines is 1. The minimum absolute atomic E-state index is 0.00375. The Morgan fingerprint density at radius 1 is 1.38 bits per heavy atom. The van der Waals surface area contributed by atoms with Crippen molar-refractivity contribution >= 4 is 44.9 Å². The number of thiocarbonyl (C=S) groups is 1. The molecular formula is C19H22N4OS2. The fraction of sp³-hybridized carbons (Fsp3) is 0.421. The Bertz CT molecular complexity index is 829. The quantitative estimate of drug-likeness (QED) is 0.453. The van der Waals surface area contributed by atoms with Crippen molar-refractivity contribution in [2.45, 2.75) is 38.1 Å². The molecule has 0 spiro atoms. The van der Waals surface area contributed by atoms with Crippen LogP contribution in [0, 0.1) is 11.3 Å². The summed E-state index contributed by atoms with van der Waals surface area (Å²) in [5, 5.41) is 19.9. The lowest BCUT2D eigenvalue weighted by Gasteiger charge is -2.32. The number of imidazole rings is 1. The summed E-state index contributed by atoms with van der Waals surface area (Å²) in [4.78, 5) is 9.62. The number of fused-ring (bicyclic) bond motifs is 1. The van der Waals surface area contributed by atoms with Gasteiger partial charge in [-0.1, -0.05) is 55.4 Å². The second-order valence-corrected chi connectivity index (χ2v) is 8.10. The van der Waals surface area contributed by atoms with Crippen molar-refractivity contribution in [1.29, 1.82) is 5.26 Å². The number of nitrogens with zero attached hydrogens (tertiary/aromatic N) is 3. The van der Waals surface area contributed by atoms with Gasteiger partial charge in [0.1, 0.15) is 21.7 Å². The van der Waals surface area contributed by atoms with Gasteiger partial charge in [0.25, 0.3) is 0 Å². The molecule has 1 aromatic heterocycles. The van der Waals surface area contributed by atoms with Crippen LogP contribution in [0.1, 0.15) is 37.9 Å². The van der Waals surface area contributed by atoms with Crippen molar-refractivity contribution in [3.05, 3.63) is 35.8 Å². The van der Waals surface area contributed by atoms with Gasteiger partial charge in [-0.2, -0.15) is 5.26 Å². The van der Waals surface area contributed by atoms with Crippen molar-refractivity contribution in [1.82, 2.24) is 14.9 Å². The van der Waals surface area contributed by atoms with Gasteiger partial charge >= 0.3 is 0 Å². The Balaban J connectivity index is 1.68. The van der Waals surface area contributed by atoms with Gasteiger partial charge in [0.05, 0.1) is 16.8 Å². The highest BCUT2D eigenvalue weighted by Crippen LogP contribution is 2.26. The molecule has 5 nitrogen and oxygen atoms in total. The Kier molecular flexibility index (Phi) is 6.17. The number of hydrogen-bond acceptors (Lipinski definition) is 5. The summed E-state index contributed by atoms with van der Waals surface area (Å²) in [5.74, 6) is 0.643. The molecule has 136 valence electrons. The maximum Gasteiger partial charge on any atom is 0.152 e. The summed E-state index contributed by atoms with van der Waals surface area (Å²) in [5.41, 5.74) is 1.77. The predicted molar refractivity (Wildman–Crippen MR) is 111 cm³/mol. The molecule has 2 N–H and O–H groups in total. The van der Waals surface area contributed by atoms with Crippen molar-refractivity contribution in [3.8, 4) is 6.07 Å². The fourth-order valence-electron chi connectivity index (χ4n) is 3.25. The van der Waals surface area contributed by atoms with Gasteiger partial charge in [0.2, 0.25) is 0 Å². The van der Waals surface area contributed by atoms with E-state index in [2.05, 4.69) is 20.9 Å². The number of aromatic nitrogens is 2. The molecule has 2 aromatic rings. The molecule has 3 rings (SSSR count). The standard InChI is InChI=1S/C19H22N4OS2/c1-23(13-7-3-2-4-8-13)19(25)26-12-17(24)14(11-20)18-21-15-9-5-6-10-16(15)22-18/h5-6,9-10,13,24H,2-4,7-8,12H2,1H3,(H,21,22)/b17-14-. The van der Waals surface area contributed by atoms with E-state index in [0.29, 0.717) is 11.9 Å². The number of para-hydroxylation sites is 2. The molecule has 0 bridgehead atoms. The van der Waals surface area contributed by atoms with Crippen LogP contribution in [0.25, 0.3) is 16.6 Å². The van der Waals surface area contributed by atoms with E-state index in [0.717, 1.165) is 15.4 Å². The topological polar surface area (TPSA) is 75.9 Å². The van der Waals surface area contributed by atoms with Gasteiger partial charge in [-0.25, -0.2) is 4.98 Å². The first-order valence-electron chi connectivity index (χ1n) is 8.77. The number of aliphatic hydroxyl groups excluding tert-OH is 1. The Morgan fingerprint density at radius 3 is 2.81 bits per heavy atom. The zero-order chi connectivity index (χ0) is 18.5. The van der Waals surface area contributed by atoms with E-state index < -0.39 is 0 Å². The average molecular weight is 387 g/mol. The molecular weight excluding hydrogens is 364 g/mol.